The molecule has 0 aromatic heterocycles. The first-order valence-corrected chi connectivity index (χ1v) is 10.7. The fraction of sp³-hybridized carbons (Fsp3) is 0.417. The molecule has 0 atom stereocenters. The SMILES string of the molecule is CCNC(=NCc1ccc(C)cc1OCCOC)NCCC(=O)NCc1ccccc1.I. The topological polar surface area (TPSA) is 84.0 Å². The molecule has 7 nitrogen and oxygen atoms in total. The summed E-state index contributed by atoms with van der Waals surface area (Å²) in [7, 11) is 1.65. The summed E-state index contributed by atoms with van der Waals surface area (Å²) in [5.41, 5.74) is 3.21. The van der Waals surface area contributed by atoms with Crippen LogP contribution in [0.2, 0.25) is 0 Å². The molecule has 2 rings (SSSR count). The second-order valence-electron chi connectivity index (χ2n) is 7.09. The zero-order chi connectivity index (χ0) is 22.3. The van der Waals surface area contributed by atoms with Gasteiger partial charge in [0.25, 0.3) is 0 Å². The van der Waals surface area contributed by atoms with Gasteiger partial charge >= 0.3 is 0 Å². The van der Waals surface area contributed by atoms with E-state index in [1.54, 1.807) is 7.11 Å². The summed E-state index contributed by atoms with van der Waals surface area (Å²) in [6.07, 6.45) is 0.368. The molecular formula is C24H35IN4O3. The molecule has 0 aliphatic heterocycles. The first-order chi connectivity index (χ1) is 15.1. The van der Waals surface area contributed by atoms with Gasteiger partial charge in [-0.05, 0) is 31.0 Å². The highest BCUT2D eigenvalue weighted by atomic mass is 127. The summed E-state index contributed by atoms with van der Waals surface area (Å²) in [5.74, 6) is 1.48. The largest absolute Gasteiger partial charge is 0.491 e. The lowest BCUT2D eigenvalue weighted by Crippen LogP contribution is -2.39. The lowest BCUT2D eigenvalue weighted by Gasteiger charge is -2.13. The second kappa shape index (κ2) is 16.3. The highest BCUT2D eigenvalue weighted by molar-refractivity contribution is 14.0. The molecule has 1 amide bonds. The highest BCUT2D eigenvalue weighted by Crippen LogP contribution is 2.21. The number of rotatable bonds is 12. The van der Waals surface area contributed by atoms with Crippen molar-refractivity contribution in [1.82, 2.24) is 16.0 Å². The van der Waals surface area contributed by atoms with E-state index in [0.29, 0.717) is 45.2 Å². The van der Waals surface area contributed by atoms with Crippen LogP contribution < -0.4 is 20.7 Å². The first kappa shape index (κ1) is 27.7. The van der Waals surface area contributed by atoms with Crippen LogP contribution in [0.4, 0.5) is 0 Å². The van der Waals surface area contributed by atoms with Crippen molar-refractivity contribution >= 4 is 35.8 Å². The number of hydrogen-bond acceptors (Lipinski definition) is 4. The third-order valence-corrected chi connectivity index (χ3v) is 4.50. The van der Waals surface area contributed by atoms with Crippen LogP contribution in [0.25, 0.3) is 0 Å². The minimum absolute atomic E-state index is 0. The summed E-state index contributed by atoms with van der Waals surface area (Å²) >= 11 is 0. The van der Waals surface area contributed by atoms with Gasteiger partial charge in [0.05, 0.1) is 13.2 Å². The van der Waals surface area contributed by atoms with Gasteiger partial charge in [-0.3, -0.25) is 4.79 Å². The van der Waals surface area contributed by atoms with Crippen molar-refractivity contribution in [3.8, 4) is 5.75 Å². The molecule has 0 saturated carbocycles. The van der Waals surface area contributed by atoms with Gasteiger partial charge in [-0.1, -0.05) is 42.5 Å². The van der Waals surface area contributed by atoms with E-state index in [1.165, 1.54) is 0 Å². The zero-order valence-electron chi connectivity index (χ0n) is 19.1. The Kier molecular flexibility index (Phi) is 14.1. The number of amides is 1. The molecule has 0 unspecified atom stereocenters. The minimum Gasteiger partial charge on any atom is -0.491 e. The third-order valence-electron chi connectivity index (χ3n) is 4.50. The van der Waals surface area contributed by atoms with E-state index in [1.807, 2.05) is 62.4 Å². The molecule has 32 heavy (non-hydrogen) atoms. The maximum atomic E-state index is 12.1. The molecule has 0 aliphatic rings. The van der Waals surface area contributed by atoms with Crippen LogP contribution in [0.15, 0.2) is 53.5 Å². The van der Waals surface area contributed by atoms with Gasteiger partial charge in [0.2, 0.25) is 5.91 Å². The summed E-state index contributed by atoms with van der Waals surface area (Å²) in [4.78, 5) is 16.7. The van der Waals surface area contributed by atoms with Gasteiger partial charge < -0.3 is 25.4 Å². The van der Waals surface area contributed by atoms with E-state index in [4.69, 9.17) is 9.47 Å². The average molecular weight is 554 g/mol. The number of carbonyl (C=O) groups is 1. The second-order valence-corrected chi connectivity index (χ2v) is 7.09. The molecule has 176 valence electrons. The van der Waals surface area contributed by atoms with Crippen molar-refractivity contribution in [3.05, 3.63) is 65.2 Å². The summed E-state index contributed by atoms with van der Waals surface area (Å²) in [6.45, 7) is 7.31. The van der Waals surface area contributed by atoms with Crippen molar-refractivity contribution in [1.29, 1.82) is 0 Å². The Hall–Kier alpha value is -2.33. The summed E-state index contributed by atoms with van der Waals surface area (Å²) < 4.78 is 10.9. The van der Waals surface area contributed by atoms with E-state index in [-0.39, 0.29) is 29.9 Å². The fourth-order valence-electron chi connectivity index (χ4n) is 2.85. The van der Waals surface area contributed by atoms with Crippen molar-refractivity contribution < 1.29 is 14.3 Å². The summed E-state index contributed by atoms with van der Waals surface area (Å²) in [5, 5.41) is 9.37. The van der Waals surface area contributed by atoms with Gasteiger partial charge in [0, 0.05) is 38.7 Å². The van der Waals surface area contributed by atoms with E-state index in [2.05, 4.69) is 20.9 Å². The molecule has 0 aliphatic carbocycles. The Morgan fingerprint density at radius 3 is 2.53 bits per heavy atom. The molecule has 0 fully saturated rings. The normalized spacial score (nSPS) is 10.8. The van der Waals surface area contributed by atoms with Gasteiger partial charge in [-0.2, -0.15) is 0 Å². The van der Waals surface area contributed by atoms with Crippen LogP contribution in [-0.2, 0) is 22.6 Å². The maximum absolute atomic E-state index is 12.1. The number of nitrogens with one attached hydrogen (secondary N) is 3. The average Bonchev–Trinajstić information content (AvgIpc) is 2.78. The number of ether oxygens (including phenoxy) is 2. The van der Waals surface area contributed by atoms with Gasteiger partial charge in [-0.15, -0.1) is 24.0 Å². The maximum Gasteiger partial charge on any atom is 0.222 e. The number of benzene rings is 2. The highest BCUT2D eigenvalue weighted by Gasteiger charge is 2.06. The van der Waals surface area contributed by atoms with Crippen molar-refractivity contribution in [2.75, 3.05) is 33.4 Å². The molecule has 0 saturated heterocycles. The van der Waals surface area contributed by atoms with Gasteiger partial charge in [0.1, 0.15) is 12.4 Å². The Morgan fingerprint density at radius 1 is 1.03 bits per heavy atom. The number of carbonyl (C=O) groups excluding carboxylic acids is 1. The quantitative estimate of drug-likeness (QED) is 0.162. The Balaban J connectivity index is 0.00000512. The Morgan fingerprint density at radius 2 is 1.81 bits per heavy atom. The van der Waals surface area contributed by atoms with Crippen LogP contribution >= 0.6 is 24.0 Å². The number of methoxy groups -OCH3 is 1. The molecule has 0 spiro atoms. The fourth-order valence-corrected chi connectivity index (χ4v) is 2.85. The first-order valence-electron chi connectivity index (χ1n) is 10.7. The molecule has 0 radical (unpaired) electrons. The summed E-state index contributed by atoms with van der Waals surface area (Å²) in [6, 6.07) is 16.0. The molecule has 8 heteroatoms. The van der Waals surface area contributed by atoms with E-state index < -0.39 is 0 Å². The lowest BCUT2D eigenvalue weighted by atomic mass is 10.1. The van der Waals surface area contributed by atoms with Crippen LogP contribution in [-0.4, -0.2) is 45.3 Å². The number of hydrogen-bond donors (Lipinski definition) is 3. The number of aliphatic imine (C=N–C) groups is 1. The van der Waals surface area contributed by atoms with Crippen molar-refractivity contribution in [3.63, 3.8) is 0 Å². The molecule has 2 aromatic carbocycles. The zero-order valence-corrected chi connectivity index (χ0v) is 21.5. The third kappa shape index (κ3) is 10.8. The Labute approximate surface area is 208 Å². The predicted molar refractivity (Wildman–Crippen MR) is 140 cm³/mol. The van der Waals surface area contributed by atoms with Gasteiger partial charge in [-0.25, -0.2) is 4.99 Å². The Bertz CT molecular complexity index is 831. The number of guanidine groups is 1. The number of aryl methyl sites for hydroxylation is 1. The number of nitrogens with zero attached hydrogens (tertiary/aromatic N) is 1. The van der Waals surface area contributed by atoms with E-state index in [9.17, 15) is 4.79 Å². The van der Waals surface area contributed by atoms with Crippen LogP contribution in [0.3, 0.4) is 0 Å². The minimum atomic E-state index is -0.000402. The molecule has 2 aromatic rings. The number of halogens is 1. The van der Waals surface area contributed by atoms with Crippen LogP contribution in [0.5, 0.6) is 5.75 Å². The molecule has 0 bridgehead atoms. The van der Waals surface area contributed by atoms with Crippen molar-refractivity contribution in [2.24, 2.45) is 4.99 Å². The predicted octanol–water partition coefficient (Wildman–Crippen LogP) is 3.40. The smallest absolute Gasteiger partial charge is 0.222 e. The van der Waals surface area contributed by atoms with Gasteiger partial charge in [0.15, 0.2) is 5.96 Å². The molecule has 0 heterocycles. The standard InChI is InChI=1S/C24H34N4O3.HI/c1-4-25-24(26-13-12-23(29)27-17-20-8-6-5-7-9-20)28-18-21-11-10-19(2)16-22(21)31-15-14-30-3;/h5-11,16H,4,12-15,17-18H2,1-3H3,(H,27,29)(H2,25,26,28);1H. The monoisotopic (exact) mass is 554 g/mol. The lowest BCUT2D eigenvalue weighted by molar-refractivity contribution is -0.121. The van der Waals surface area contributed by atoms with Crippen molar-refractivity contribution in [2.45, 2.75) is 33.4 Å². The van der Waals surface area contributed by atoms with Crippen LogP contribution in [0.1, 0.15) is 30.0 Å². The molecular weight excluding hydrogens is 519 g/mol. The molecule has 3 N–H and O–H groups in total. The van der Waals surface area contributed by atoms with E-state index in [0.717, 1.165) is 29.0 Å². The van der Waals surface area contributed by atoms with Crippen LogP contribution in [0, 0.1) is 6.92 Å². The van der Waals surface area contributed by atoms with E-state index >= 15 is 0 Å².